The highest BCUT2D eigenvalue weighted by Crippen LogP contribution is 2.31. The molecule has 0 aliphatic carbocycles. The molecule has 1 fully saturated rings. The first kappa shape index (κ1) is 13.4. The van der Waals surface area contributed by atoms with Crippen LogP contribution in [0.25, 0.3) is 0 Å². The summed E-state index contributed by atoms with van der Waals surface area (Å²) >= 11 is 3.33. The van der Waals surface area contributed by atoms with Crippen molar-refractivity contribution in [3.63, 3.8) is 0 Å². The van der Waals surface area contributed by atoms with Gasteiger partial charge < -0.3 is 4.74 Å². The zero-order valence-corrected chi connectivity index (χ0v) is 11.3. The fraction of sp³-hybridized carbons (Fsp3) is 0.417. The first-order valence-electron chi connectivity index (χ1n) is 5.39. The second-order valence-corrected chi connectivity index (χ2v) is 5.11. The van der Waals surface area contributed by atoms with Gasteiger partial charge in [-0.2, -0.15) is 0 Å². The molecule has 0 radical (unpaired) electrons. The number of methoxy groups -OCH3 is 1. The molecular weight excluding hydrogens is 308 g/mol. The lowest BCUT2D eigenvalue weighted by molar-refractivity contribution is -0.134. The van der Waals surface area contributed by atoms with E-state index >= 15 is 0 Å². The molecule has 1 aliphatic rings. The maximum Gasteiger partial charge on any atom is 0.338 e. The van der Waals surface area contributed by atoms with E-state index in [1.807, 2.05) is 0 Å². The van der Waals surface area contributed by atoms with Crippen molar-refractivity contribution in [3.05, 3.63) is 33.8 Å². The van der Waals surface area contributed by atoms with Crippen LogP contribution < -0.4 is 0 Å². The van der Waals surface area contributed by atoms with Crippen molar-refractivity contribution in [1.29, 1.82) is 0 Å². The molecule has 0 amide bonds. The van der Waals surface area contributed by atoms with E-state index in [9.17, 15) is 13.6 Å². The lowest BCUT2D eigenvalue weighted by Crippen LogP contribution is -2.55. The number of esters is 1. The molecule has 1 aliphatic heterocycles. The molecule has 0 unspecified atom stereocenters. The van der Waals surface area contributed by atoms with Gasteiger partial charge in [-0.1, -0.05) is 22.0 Å². The minimum absolute atomic E-state index is 0.269. The summed E-state index contributed by atoms with van der Waals surface area (Å²) in [6.45, 7) is -0.231. The first-order valence-corrected chi connectivity index (χ1v) is 6.18. The summed E-state index contributed by atoms with van der Waals surface area (Å²) in [5.41, 5.74) is 1.09. The number of likely N-dealkylation sites (tertiary alicyclic amines) is 1. The number of hydrogen-bond acceptors (Lipinski definition) is 3. The number of ether oxygens (including phenoxy) is 1. The standard InChI is InChI=1S/C12H12BrF2NO2/c1-18-11(17)8-3-2-4-10(13)9(8)5-16-6-12(14,15)7-16/h2-4H,5-7H2,1H3. The number of hydrogen-bond donors (Lipinski definition) is 0. The summed E-state index contributed by atoms with van der Waals surface area (Å²) in [5, 5.41) is 0. The molecule has 1 aromatic carbocycles. The Hall–Kier alpha value is -1.01. The summed E-state index contributed by atoms with van der Waals surface area (Å²) in [6.07, 6.45) is 0. The third kappa shape index (κ3) is 2.70. The van der Waals surface area contributed by atoms with Crippen LogP contribution >= 0.6 is 15.9 Å². The zero-order chi connectivity index (χ0) is 13.3. The van der Waals surface area contributed by atoms with Crippen LogP contribution in [0.15, 0.2) is 22.7 Å². The van der Waals surface area contributed by atoms with Gasteiger partial charge in [-0.05, 0) is 17.7 Å². The van der Waals surface area contributed by atoms with Gasteiger partial charge in [0.15, 0.2) is 0 Å². The summed E-state index contributed by atoms with van der Waals surface area (Å²) < 4.78 is 30.9. The number of halogens is 3. The van der Waals surface area contributed by atoms with Crippen molar-refractivity contribution in [2.45, 2.75) is 12.5 Å². The Labute approximate surface area is 112 Å². The van der Waals surface area contributed by atoms with Crippen LogP contribution in [-0.4, -0.2) is 37.0 Å². The molecule has 18 heavy (non-hydrogen) atoms. The van der Waals surface area contributed by atoms with E-state index in [-0.39, 0.29) is 13.1 Å². The predicted molar refractivity (Wildman–Crippen MR) is 65.7 cm³/mol. The van der Waals surface area contributed by atoms with Crippen LogP contribution in [0.4, 0.5) is 8.78 Å². The second-order valence-electron chi connectivity index (χ2n) is 4.26. The first-order chi connectivity index (χ1) is 8.43. The van der Waals surface area contributed by atoms with Gasteiger partial charge in [0.2, 0.25) is 0 Å². The number of alkyl halides is 2. The van der Waals surface area contributed by atoms with Crippen molar-refractivity contribution in [1.82, 2.24) is 4.90 Å². The Morgan fingerprint density at radius 3 is 2.72 bits per heavy atom. The normalized spacial score (nSPS) is 18.2. The van der Waals surface area contributed by atoms with Crippen molar-refractivity contribution >= 4 is 21.9 Å². The third-order valence-corrected chi connectivity index (χ3v) is 3.56. The lowest BCUT2D eigenvalue weighted by atomic mass is 10.0. The SMILES string of the molecule is COC(=O)c1cccc(Br)c1CN1CC(F)(F)C1. The zero-order valence-electron chi connectivity index (χ0n) is 9.75. The van der Waals surface area contributed by atoms with Crippen molar-refractivity contribution in [2.24, 2.45) is 0 Å². The molecule has 0 atom stereocenters. The molecule has 0 N–H and O–H groups in total. The highest BCUT2D eigenvalue weighted by Gasteiger charge is 2.43. The van der Waals surface area contributed by atoms with Gasteiger partial charge in [-0.25, -0.2) is 13.6 Å². The second kappa shape index (κ2) is 4.93. The quantitative estimate of drug-likeness (QED) is 0.802. The Balaban J connectivity index is 2.19. The van der Waals surface area contributed by atoms with Gasteiger partial charge >= 0.3 is 5.97 Å². The van der Waals surface area contributed by atoms with Crippen LogP contribution in [-0.2, 0) is 11.3 Å². The van der Waals surface area contributed by atoms with Crippen molar-refractivity contribution in [2.75, 3.05) is 20.2 Å². The molecule has 3 nitrogen and oxygen atoms in total. The molecule has 1 saturated heterocycles. The maximum absolute atomic E-state index is 12.8. The molecule has 0 spiro atoms. The van der Waals surface area contributed by atoms with Gasteiger partial charge in [0, 0.05) is 11.0 Å². The van der Waals surface area contributed by atoms with Gasteiger partial charge in [0.05, 0.1) is 25.8 Å². The molecule has 0 aromatic heterocycles. The predicted octanol–water partition coefficient (Wildman–Crippen LogP) is 2.69. The van der Waals surface area contributed by atoms with Gasteiger partial charge in [-0.15, -0.1) is 0 Å². The number of carbonyl (C=O) groups excluding carboxylic acids is 1. The smallest absolute Gasteiger partial charge is 0.338 e. The average molecular weight is 320 g/mol. The Kier molecular flexibility index (Phi) is 3.68. The maximum atomic E-state index is 12.8. The fourth-order valence-corrected chi connectivity index (χ4v) is 2.46. The number of benzene rings is 1. The molecule has 0 bridgehead atoms. The molecule has 1 heterocycles. The van der Waals surface area contributed by atoms with E-state index in [0.717, 1.165) is 4.47 Å². The number of nitrogens with zero attached hydrogens (tertiary/aromatic N) is 1. The van der Waals surface area contributed by atoms with E-state index in [1.165, 1.54) is 7.11 Å². The molecule has 1 aromatic rings. The highest BCUT2D eigenvalue weighted by molar-refractivity contribution is 9.10. The van der Waals surface area contributed by atoms with Crippen LogP contribution in [0.5, 0.6) is 0 Å². The topological polar surface area (TPSA) is 29.5 Å². The highest BCUT2D eigenvalue weighted by atomic mass is 79.9. The molecule has 0 saturated carbocycles. The minimum Gasteiger partial charge on any atom is -0.465 e. The molecular formula is C12H12BrF2NO2. The fourth-order valence-electron chi connectivity index (χ4n) is 1.96. The molecule has 6 heteroatoms. The van der Waals surface area contributed by atoms with E-state index in [2.05, 4.69) is 20.7 Å². The number of carbonyl (C=O) groups is 1. The largest absolute Gasteiger partial charge is 0.465 e. The van der Waals surface area contributed by atoms with Gasteiger partial charge in [0.25, 0.3) is 5.92 Å². The van der Waals surface area contributed by atoms with E-state index in [4.69, 9.17) is 0 Å². The summed E-state index contributed by atoms with van der Waals surface area (Å²) in [6, 6.07) is 5.12. The van der Waals surface area contributed by atoms with Crippen LogP contribution in [0, 0.1) is 0 Å². The van der Waals surface area contributed by atoms with Gasteiger partial charge in [-0.3, -0.25) is 4.90 Å². The van der Waals surface area contributed by atoms with Crippen LogP contribution in [0.1, 0.15) is 15.9 Å². The van der Waals surface area contributed by atoms with Crippen molar-refractivity contribution < 1.29 is 18.3 Å². The minimum atomic E-state index is -2.60. The number of rotatable bonds is 3. The van der Waals surface area contributed by atoms with E-state index in [1.54, 1.807) is 23.1 Å². The van der Waals surface area contributed by atoms with Crippen LogP contribution in [0.2, 0.25) is 0 Å². The lowest BCUT2D eigenvalue weighted by Gasteiger charge is -2.39. The van der Waals surface area contributed by atoms with Gasteiger partial charge in [0.1, 0.15) is 0 Å². The third-order valence-electron chi connectivity index (χ3n) is 2.82. The average Bonchev–Trinajstić information content (AvgIpc) is 2.28. The summed E-state index contributed by atoms with van der Waals surface area (Å²) in [5.74, 6) is -3.06. The van der Waals surface area contributed by atoms with Crippen molar-refractivity contribution in [3.8, 4) is 0 Å². The Bertz CT molecular complexity index is 471. The molecule has 98 valence electrons. The van der Waals surface area contributed by atoms with E-state index in [0.29, 0.717) is 17.7 Å². The van der Waals surface area contributed by atoms with Crippen LogP contribution in [0.3, 0.4) is 0 Å². The Morgan fingerprint density at radius 1 is 1.50 bits per heavy atom. The molecule has 2 rings (SSSR count). The Morgan fingerprint density at radius 2 is 2.17 bits per heavy atom. The summed E-state index contributed by atoms with van der Waals surface area (Å²) in [4.78, 5) is 13.2. The summed E-state index contributed by atoms with van der Waals surface area (Å²) in [7, 11) is 1.30. The van der Waals surface area contributed by atoms with E-state index < -0.39 is 11.9 Å². The monoisotopic (exact) mass is 319 g/mol.